The fraction of sp³-hybridized carbons (Fsp3) is 0.267. The molecule has 110 valence electrons. The van der Waals surface area contributed by atoms with Gasteiger partial charge in [-0.3, -0.25) is 14.9 Å². The fourth-order valence-electron chi connectivity index (χ4n) is 2.17. The van der Waals surface area contributed by atoms with Crippen molar-refractivity contribution in [2.24, 2.45) is 0 Å². The quantitative estimate of drug-likeness (QED) is 0.687. The molecule has 6 nitrogen and oxygen atoms in total. The van der Waals surface area contributed by atoms with Crippen LogP contribution in [0.25, 0.3) is 0 Å². The van der Waals surface area contributed by atoms with E-state index >= 15 is 0 Å². The molecule has 2 aromatic rings. The first-order valence-electron chi connectivity index (χ1n) is 6.58. The minimum atomic E-state index is -0.443. The summed E-state index contributed by atoms with van der Waals surface area (Å²) in [5.41, 5.74) is 1.46. The average molecular weight is 288 g/mol. The Labute approximate surface area is 121 Å². The van der Waals surface area contributed by atoms with Crippen LogP contribution in [0.3, 0.4) is 0 Å². The van der Waals surface area contributed by atoms with E-state index in [1.807, 2.05) is 6.92 Å². The van der Waals surface area contributed by atoms with E-state index in [0.29, 0.717) is 34.8 Å². The van der Waals surface area contributed by atoms with Crippen LogP contribution in [0.15, 0.2) is 28.7 Å². The van der Waals surface area contributed by atoms with Crippen LogP contribution in [0, 0.1) is 24.0 Å². The number of nitrogens with zero attached hydrogens (tertiary/aromatic N) is 1. The van der Waals surface area contributed by atoms with Crippen molar-refractivity contribution in [3.05, 3.63) is 57.0 Å². The predicted molar refractivity (Wildman–Crippen MR) is 78.6 cm³/mol. The van der Waals surface area contributed by atoms with Gasteiger partial charge in [0, 0.05) is 17.3 Å². The molecule has 6 heteroatoms. The standard InChI is InChI=1S/C15H16N2O4/c1-4-11-5-6-12(8-14(11)17(19)20)16-15(18)13-7-9(2)21-10(13)3/h5-8H,4H2,1-3H3,(H,16,18). The second-order valence-electron chi connectivity index (χ2n) is 4.74. The number of carbonyl (C=O) groups is 1. The highest BCUT2D eigenvalue weighted by Gasteiger charge is 2.17. The summed E-state index contributed by atoms with van der Waals surface area (Å²) < 4.78 is 5.30. The molecule has 0 saturated carbocycles. The maximum Gasteiger partial charge on any atom is 0.274 e. The summed E-state index contributed by atoms with van der Waals surface area (Å²) in [5.74, 6) is 0.817. The number of hydrogen-bond donors (Lipinski definition) is 1. The lowest BCUT2D eigenvalue weighted by atomic mass is 10.1. The Balaban J connectivity index is 2.27. The highest BCUT2D eigenvalue weighted by molar-refractivity contribution is 6.05. The lowest BCUT2D eigenvalue weighted by Gasteiger charge is -2.06. The predicted octanol–water partition coefficient (Wildman–Crippen LogP) is 3.62. The summed E-state index contributed by atoms with van der Waals surface area (Å²) in [6.45, 7) is 5.30. The molecule has 1 heterocycles. The molecule has 1 amide bonds. The number of aryl methyl sites for hydroxylation is 3. The number of nitro groups is 1. The van der Waals surface area contributed by atoms with Crippen molar-refractivity contribution in [2.45, 2.75) is 27.2 Å². The largest absolute Gasteiger partial charge is 0.466 e. The molecular formula is C15H16N2O4. The zero-order chi connectivity index (χ0) is 15.6. The molecule has 0 radical (unpaired) electrons. The van der Waals surface area contributed by atoms with Gasteiger partial charge in [0.2, 0.25) is 0 Å². The zero-order valence-electron chi connectivity index (χ0n) is 12.1. The first-order valence-corrected chi connectivity index (χ1v) is 6.58. The number of nitro benzene ring substituents is 1. The van der Waals surface area contributed by atoms with Gasteiger partial charge in [0.15, 0.2) is 0 Å². The molecule has 1 N–H and O–H groups in total. The number of anilines is 1. The number of rotatable bonds is 4. The van der Waals surface area contributed by atoms with Gasteiger partial charge in [0.25, 0.3) is 11.6 Å². The molecule has 0 unspecified atom stereocenters. The minimum absolute atomic E-state index is 0.00963. The Morgan fingerprint density at radius 3 is 2.57 bits per heavy atom. The Bertz CT molecular complexity index is 704. The second kappa shape index (κ2) is 5.78. The lowest BCUT2D eigenvalue weighted by molar-refractivity contribution is -0.385. The molecule has 1 aromatic carbocycles. The summed E-state index contributed by atoms with van der Waals surface area (Å²) in [7, 11) is 0. The molecule has 2 rings (SSSR count). The summed E-state index contributed by atoms with van der Waals surface area (Å²) in [6.07, 6.45) is 0.560. The topological polar surface area (TPSA) is 85.4 Å². The van der Waals surface area contributed by atoms with Crippen molar-refractivity contribution in [2.75, 3.05) is 5.32 Å². The molecule has 0 bridgehead atoms. The van der Waals surface area contributed by atoms with Gasteiger partial charge < -0.3 is 9.73 Å². The molecule has 0 spiro atoms. The number of furan rings is 1. The second-order valence-corrected chi connectivity index (χ2v) is 4.74. The van der Waals surface area contributed by atoms with Gasteiger partial charge in [0.05, 0.1) is 10.5 Å². The number of nitrogens with one attached hydrogen (secondary N) is 1. The van der Waals surface area contributed by atoms with Crippen LogP contribution in [0.1, 0.15) is 34.4 Å². The van der Waals surface area contributed by atoms with Gasteiger partial charge in [-0.2, -0.15) is 0 Å². The van der Waals surface area contributed by atoms with Crippen molar-refractivity contribution in [1.82, 2.24) is 0 Å². The van der Waals surface area contributed by atoms with Crippen molar-refractivity contribution in [1.29, 1.82) is 0 Å². The minimum Gasteiger partial charge on any atom is -0.466 e. The average Bonchev–Trinajstić information content (AvgIpc) is 2.77. The van der Waals surface area contributed by atoms with Gasteiger partial charge in [-0.1, -0.05) is 13.0 Å². The molecular weight excluding hydrogens is 272 g/mol. The molecule has 21 heavy (non-hydrogen) atoms. The molecule has 0 atom stereocenters. The van der Waals surface area contributed by atoms with Gasteiger partial charge in [-0.05, 0) is 32.4 Å². The summed E-state index contributed by atoms with van der Waals surface area (Å²) in [5, 5.41) is 13.7. The summed E-state index contributed by atoms with van der Waals surface area (Å²) >= 11 is 0. The highest BCUT2D eigenvalue weighted by atomic mass is 16.6. The van der Waals surface area contributed by atoms with Gasteiger partial charge in [-0.25, -0.2) is 0 Å². The third-order valence-corrected chi connectivity index (χ3v) is 3.21. The van der Waals surface area contributed by atoms with Crippen LogP contribution in [0.5, 0.6) is 0 Å². The Hall–Kier alpha value is -2.63. The number of benzene rings is 1. The Morgan fingerprint density at radius 1 is 1.33 bits per heavy atom. The van der Waals surface area contributed by atoms with E-state index < -0.39 is 4.92 Å². The number of carbonyl (C=O) groups excluding carboxylic acids is 1. The molecule has 0 aliphatic rings. The first-order chi connectivity index (χ1) is 9.92. The van der Waals surface area contributed by atoms with Gasteiger partial charge >= 0.3 is 0 Å². The molecule has 0 aliphatic carbocycles. The maximum absolute atomic E-state index is 12.1. The Morgan fingerprint density at radius 2 is 2.05 bits per heavy atom. The molecule has 0 aliphatic heterocycles. The summed E-state index contributed by atoms with van der Waals surface area (Å²) in [6, 6.07) is 6.33. The normalized spacial score (nSPS) is 10.4. The van der Waals surface area contributed by atoms with Crippen LogP contribution in [0.2, 0.25) is 0 Å². The lowest BCUT2D eigenvalue weighted by Crippen LogP contribution is -2.12. The van der Waals surface area contributed by atoms with Crippen LogP contribution < -0.4 is 5.32 Å². The molecule has 1 aromatic heterocycles. The van der Waals surface area contributed by atoms with Gasteiger partial charge in [-0.15, -0.1) is 0 Å². The van der Waals surface area contributed by atoms with Crippen LogP contribution in [-0.2, 0) is 6.42 Å². The van der Waals surface area contributed by atoms with Crippen LogP contribution >= 0.6 is 0 Å². The molecule has 0 fully saturated rings. The van der Waals surface area contributed by atoms with Crippen molar-refractivity contribution in [3.63, 3.8) is 0 Å². The van der Waals surface area contributed by atoms with E-state index in [1.54, 1.807) is 32.0 Å². The smallest absolute Gasteiger partial charge is 0.274 e. The monoisotopic (exact) mass is 288 g/mol. The maximum atomic E-state index is 12.1. The van der Waals surface area contributed by atoms with Gasteiger partial charge in [0.1, 0.15) is 11.5 Å². The van der Waals surface area contributed by atoms with E-state index in [-0.39, 0.29) is 11.6 Å². The van der Waals surface area contributed by atoms with E-state index in [1.165, 1.54) is 6.07 Å². The van der Waals surface area contributed by atoms with Crippen molar-refractivity contribution in [3.8, 4) is 0 Å². The van der Waals surface area contributed by atoms with E-state index in [9.17, 15) is 14.9 Å². The van der Waals surface area contributed by atoms with E-state index in [4.69, 9.17) is 4.42 Å². The van der Waals surface area contributed by atoms with Crippen LogP contribution in [0.4, 0.5) is 11.4 Å². The Kier molecular flexibility index (Phi) is 4.07. The first kappa shape index (κ1) is 14.8. The summed E-state index contributed by atoms with van der Waals surface area (Å²) in [4.78, 5) is 22.7. The third kappa shape index (κ3) is 3.10. The number of amides is 1. The zero-order valence-corrected chi connectivity index (χ0v) is 12.1. The van der Waals surface area contributed by atoms with Crippen molar-refractivity contribution < 1.29 is 14.1 Å². The van der Waals surface area contributed by atoms with Crippen LogP contribution in [-0.4, -0.2) is 10.8 Å². The highest BCUT2D eigenvalue weighted by Crippen LogP contribution is 2.24. The SMILES string of the molecule is CCc1ccc(NC(=O)c2cc(C)oc2C)cc1[N+](=O)[O-]. The third-order valence-electron chi connectivity index (χ3n) is 3.21. The number of hydrogen-bond acceptors (Lipinski definition) is 4. The molecule has 0 saturated heterocycles. The van der Waals surface area contributed by atoms with E-state index in [2.05, 4.69) is 5.32 Å². The van der Waals surface area contributed by atoms with E-state index in [0.717, 1.165) is 0 Å². The fourth-order valence-corrected chi connectivity index (χ4v) is 2.17. The van der Waals surface area contributed by atoms with Crippen molar-refractivity contribution >= 4 is 17.3 Å².